The van der Waals surface area contributed by atoms with Crippen molar-refractivity contribution in [3.63, 3.8) is 0 Å². The molecule has 1 aliphatic heterocycles. The van der Waals surface area contributed by atoms with Crippen LogP contribution in [0.5, 0.6) is 0 Å². The smallest absolute Gasteiger partial charge is 0.475 e. The van der Waals surface area contributed by atoms with Crippen molar-refractivity contribution >= 4 is 48.5 Å². The molecule has 1 aromatic heterocycles. The second-order valence-electron chi connectivity index (χ2n) is 11.1. The number of benzene rings is 2. The molecule has 0 spiro atoms. The Balaban J connectivity index is 0.000000591. The molecule has 45 heavy (non-hydrogen) atoms. The summed E-state index contributed by atoms with van der Waals surface area (Å²) in [7, 11) is -6.63. The molecule has 2 aromatic carbocycles. The molecule has 1 saturated heterocycles. The fraction of sp³-hybridized carbons (Fsp3) is 0.448. The van der Waals surface area contributed by atoms with Gasteiger partial charge in [-0.25, -0.2) is 25.9 Å². The van der Waals surface area contributed by atoms with Crippen LogP contribution in [0.1, 0.15) is 67.3 Å². The molecule has 1 saturated carbocycles. The van der Waals surface area contributed by atoms with Crippen molar-refractivity contribution in [2.75, 3.05) is 23.6 Å². The number of nitrogens with zero attached hydrogens (tertiary/aromatic N) is 1. The zero-order valence-corrected chi connectivity index (χ0v) is 26.1. The molecule has 0 bridgehead atoms. The number of nitrogens with two attached hydrogens (primary N) is 1. The minimum absolute atomic E-state index is 0.0942. The number of hydrogen-bond acceptors (Lipinski definition) is 6. The molecule has 5 N–H and O–H groups in total. The van der Waals surface area contributed by atoms with Gasteiger partial charge in [-0.3, -0.25) is 9.52 Å². The first kappa shape index (κ1) is 34.2. The molecule has 11 nitrogen and oxygen atoms in total. The van der Waals surface area contributed by atoms with Crippen molar-refractivity contribution in [3.8, 4) is 11.1 Å². The van der Waals surface area contributed by atoms with Gasteiger partial charge in [0.25, 0.3) is 5.91 Å². The highest BCUT2D eigenvalue weighted by Crippen LogP contribution is 2.37. The fourth-order valence-electron chi connectivity index (χ4n) is 5.76. The van der Waals surface area contributed by atoms with Gasteiger partial charge in [0.05, 0.1) is 22.1 Å². The number of halogens is 3. The number of rotatable bonds is 8. The molecule has 3 aromatic rings. The third-order valence-corrected chi connectivity index (χ3v) is 12.0. The number of primary amides is 1. The number of fused-ring (bicyclic) bond motifs is 1. The van der Waals surface area contributed by atoms with Gasteiger partial charge in [0, 0.05) is 30.4 Å². The van der Waals surface area contributed by atoms with Crippen LogP contribution in [0.4, 0.5) is 18.9 Å². The van der Waals surface area contributed by atoms with Gasteiger partial charge in [0.2, 0.25) is 20.0 Å². The predicted octanol–water partition coefficient (Wildman–Crippen LogP) is 4.78. The van der Waals surface area contributed by atoms with E-state index in [0.717, 1.165) is 34.9 Å². The van der Waals surface area contributed by atoms with E-state index in [-0.39, 0.29) is 16.9 Å². The average Bonchev–Trinajstić information content (AvgIpc) is 3.68. The first-order chi connectivity index (χ1) is 21.0. The van der Waals surface area contributed by atoms with E-state index >= 15 is 0 Å². The van der Waals surface area contributed by atoms with E-state index < -0.39 is 38.1 Å². The number of amides is 1. The second kappa shape index (κ2) is 13.4. The number of carbonyl (C=O) groups excluding carboxylic acids is 1. The lowest BCUT2D eigenvalue weighted by molar-refractivity contribution is -0.192. The number of H-pyrrole nitrogens is 1. The summed E-state index contributed by atoms with van der Waals surface area (Å²) in [5.74, 6) is -3.06. The van der Waals surface area contributed by atoms with Crippen molar-refractivity contribution in [2.45, 2.75) is 62.8 Å². The van der Waals surface area contributed by atoms with E-state index in [0.29, 0.717) is 55.5 Å². The predicted molar refractivity (Wildman–Crippen MR) is 164 cm³/mol. The highest BCUT2D eigenvalue weighted by atomic mass is 32.2. The quantitative estimate of drug-likeness (QED) is 0.266. The number of carboxylic acids is 1. The van der Waals surface area contributed by atoms with Crippen LogP contribution in [0.25, 0.3) is 22.0 Å². The van der Waals surface area contributed by atoms with Crippen LogP contribution in [0.2, 0.25) is 0 Å². The average molecular weight is 673 g/mol. The van der Waals surface area contributed by atoms with Crippen LogP contribution in [0.15, 0.2) is 42.6 Å². The van der Waals surface area contributed by atoms with Crippen LogP contribution in [-0.2, 0) is 24.8 Å². The van der Waals surface area contributed by atoms with Gasteiger partial charge < -0.3 is 15.8 Å². The van der Waals surface area contributed by atoms with Gasteiger partial charge in [-0.15, -0.1) is 0 Å². The number of carboxylic acid groups (broad SMARTS) is 1. The topological polar surface area (TPSA) is 180 Å². The number of carbonyl (C=O) groups is 2. The molecule has 246 valence electrons. The lowest BCUT2D eigenvalue weighted by Crippen LogP contribution is -2.38. The van der Waals surface area contributed by atoms with Gasteiger partial charge in [-0.2, -0.15) is 13.2 Å². The number of aliphatic carboxylic acids is 1. The van der Waals surface area contributed by atoms with E-state index in [1.807, 2.05) is 24.4 Å². The molecule has 1 amide bonds. The monoisotopic (exact) mass is 672 g/mol. The molecular formula is C29H35F3N4O7S2. The molecule has 1 aliphatic carbocycles. The number of anilines is 1. The maximum atomic E-state index is 12.7. The zero-order chi connectivity index (χ0) is 33.2. The number of sulfonamides is 2. The van der Waals surface area contributed by atoms with Crippen molar-refractivity contribution < 1.29 is 44.7 Å². The highest BCUT2D eigenvalue weighted by Gasteiger charge is 2.38. The van der Waals surface area contributed by atoms with Gasteiger partial charge >= 0.3 is 12.1 Å². The summed E-state index contributed by atoms with van der Waals surface area (Å²) < 4.78 is 85.9. The normalized spacial score (nSPS) is 17.2. The number of aromatic nitrogens is 1. The number of hydrogen-bond donors (Lipinski definition) is 4. The molecule has 5 rings (SSSR count). The molecule has 2 aliphatic rings. The minimum Gasteiger partial charge on any atom is -0.475 e. The van der Waals surface area contributed by atoms with Gasteiger partial charge in [-0.05, 0) is 79.5 Å². The third-order valence-electron chi connectivity index (χ3n) is 8.20. The highest BCUT2D eigenvalue weighted by molar-refractivity contribution is 7.93. The van der Waals surface area contributed by atoms with Gasteiger partial charge in [-0.1, -0.05) is 25.0 Å². The summed E-state index contributed by atoms with van der Waals surface area (Å²) in [4.78, 5) is 24.5. The Labute approximate surface area is 259 Å². The summed E-state index contributed by atoms with van der Waals surface area (Å²) in [5.41, 5.74) is 9.95. The molecule has 0 unspecified atom stereocenters. The van der Waals surface area contributed by atoms with E-state index in [2.05, 4.69) is 9.71 Å². The Morgan fingerprint density at radius 2 is 1.58 bits per heavy atom. The third kappa shape index (κ3) is 7.97. The van der Waals surface area contributed by atoms with Crippen LogP contribution in [0.3, 0.4) is 0 Å². The Bertz CT molecular complexity index is 1760. The van der Waals surface area contributed by atoms with Crippen molar-refractivity contribution in [1.82, 2.24) is 9.29 Å². The van der Waals surface area contributed by atoms with E-state index in [1.165, 1.54) is 0 Å². The summed E-state index contributed by atoms with van der Waals surface area (Å²) in [5, 5.41) is 7.67. The summed E-state index contributed by atoms with van der Waals surface area (Å²) >= 11 is 0. The molecule has 0 atom stereocenters. The zero-order valence-electron chi connectivity index (χ0n) is 24.4. The van der Waals surface area contributed by atoms with Crippen molar-refractivity contribution in [1.29, 1.82) is 0 Å². The Kier molecular flexibility index (Phi) is 10.2. The van der Waals surface area contributed by atoms with Gasteiger partial charge in [0.15, 0.2) is 0 Å². The van der Waals surface area contributed by atoms with Crippen LogP contribution in [-0.4, -0.2) is 73.4 Å². The standard InChI is InChI=1S/C27H34N4O5S2.C2HF3O2/c1-2-37(33,34)31-13-11-19(12-14-31)25-17-29-26-23(25)15-20(16-24(26)27(28)32)18-7-9-21(10-8-18)30-38(35,36)22-5-3-4-6-22;3-2(4,5)1(6)7/h7-10,15-17,19,22,29-30H,2-6,11-14H2,1H3,(H2,28,32);(H,6,7). The largest absolute Gasteiger partial charge is 0.490 e. The molecule has 0 radical (unpaired) electrons. The van der Waals surface area contributed by atoms with E-state index in [4.69, 9.17) is 15.6 Å². The fourth-order valence-corrected chi connectivity index (χ4v) is 8.47. The first-order valence-electron chi connectivity index (χ1n) is 14.4. The SMILES string of the molecule is CCS(=O)(=O)N1CCC(c2c[nH]c3c(C(N)=O)cc(-c4ccc(NS(=O)(=O)C5CCCC5)cc4)cc23)CC1.O=C(O)C(F)(F)F. The second-order valence-corrected chi connectivity index (χ2v) is 15.3. The van der Waals surface area contributed by atoms with Gasteiger partial charge in [0.1, 0.15) is 0 Å². The molecule has 2 fully saturated rings. The Hall–Kier alpha value is -3.63. The lowest BCUT2D eigenvalue weighted by atomic mass is 9.88. The molecule has 2 heterocycles. The summed E-state index contributed by atoms with van der Waals surface area (Å²) in [6, 6.07) is 10.9. The first-order valence-corrected chi connectivity index (χ1v) is 17.5. The number of aromatic amines is 1. The maximum Gasteiger partial charge on any atom is 0.490 e. The van der Waals surface area contributed by atoms with Crippen molar-refractivity contribution in [2.24, 2.45) is 5.73 Å². The molecular weight excluding hydrogens is 637 g/mol. The van der Waals surface area contributed by atoms with Crippen LogP contribution in [0, 0.1) is 0 Å². The minimum atomic E-state index is -5.08. The number of piperidine rings is 1. The summed E-state index contributed by atoms with van der Waals surface area (Å²) in [6.07, 6.45) is 1.46. The lowest BCUT2D eigenvalue weighted by Gasteiger charge is -2.31. The molecule has 16 heteroatoms. The van der Waals surface area contributed by atoms with Crippen molar-refractivity contribution in [3.05, 3.63) is 53.7 Å². The maximum absolute atomic E-state index is 12.7. The Morgan fingerprint density at radius 1 is 1.00 bits per heavy atom. The van der Waals surface area contributed by atoms with Crippen LogP contribution >= 0.6 is 0 Å². The van der Waals surface area contributed by atoms with Crippen LogP contribution < -0.4 is 10.5 Å². The number of nitrogens with one attached hydrogen (secondary N) is 2. The summed E-state index contributed by atoms with van der Waals surface area (Å²) in [6.45, 7) is 2.59. The Morgan fingerprint density at radius 3 is 2.09 bits per heavy atom. The number of alkyl halides is 3. The van der Waals surface area contributed by atoms with E-state index in [9.17, 15) is 34.8 Å². The van der Waals surface area contributed by atoms with E-state index in [1.54, 1.807) is 29.4 Å².